The highest BCUT2D eigenvalue weighted by molar-refractivity contribution is 6.53. The lowest BCUT2D eigenvalue weighted by Crippen LogP contribution is -2.32. The largest absolute Gasteiger partial charge is 0.497 e. The second-order valence-electron chi connectivity index (χ2n) is 7.46. The third kappa shape index (κ3) is 4.97. The van der Waals surface area contributed by atoms with E-state index < -0.39 is 11.8 Å². The number of imide groups is 1. The summed E-state index contributed by atoms with van der Waals surface area (Å²) in [6.07, 6.45) is 0. The van der Waals surface area contributed by atoms with E-state index >= 15 is 0 Å². The topological polar surface area (TPSA) is 97.0 Å². The summed E-state index contributed by atoms with van der Waals surface area (Å²) in [5.41, 5.74) is 1.40. The van der Waals surface area contributed by atoms with Gasteiger partial charge in [0.2, 0.25) is 0 Å². The van der Waals surface area contributed by atoms with E-state index in [0.29, 0.717) is 32.7 Å². The number of hydrogen-bond acceptors (Lipinski definition) is 6. The fourth-order valence-electron chi connectivity index (χ4n) is 3.43. The molecule has 0 bridgehead atoms. The number of carbonyl (C=O) groups excluding carboxylic acids is 3. The Morgan fingerprint density at radius 2 is 1.50 bits per heavy atom. The second kappa shape index (κ2) is 10.5. The molecule has 0 saturated carbocycles. The summed E-state index contributed by atoms with van der Waals surface area (Å²) in [7, 11) is 2.90. The number of carbonyl (C=O) groups is 3. The lowest BCUT2D eigenvalue weighted by atomic mass is 10.2. The lowest BCUT2D eigenvalue weighted by molar-refractivity contribution is -0.120. The Balaban J connectivity index is 1.50. The van der Waals surface area contributed by atoms with E-state index in [4.69, 9.17) is 44.3 Å². The predicted molar refractivity (Wildman–Crippen MR) is 139 cm³/mol. The molecule has 0 radical (unpaired) electrons. The van der Waals surface area contributed by atoms with Crippen molar-refractivity contribution in [1.82, 2.24) is 0 Å². The minimum absolute atomic E-state index is 0.104. The molecule has 2 N–H and O–H groups in total. The van der Waals surface area contributed by atoms with Crippen LogP contribution in [0.4, 0.5) is 17.1 Å². The van der Waals surface area contributed by atoms with E-state index in [2.05, 4.69) is 10.6 Å². The molecule has 1 heterocycles. The van der Waals surface area contributed by atoms with Gasteiger partial charge in [0.15, 0.2) is 0 Å². The molecule has 0 unspecified atom stereocenters. The summed E-state index contributed by atoms with van der Waals surface area (Å²) < 4.78 is 10.5. The molecule has 0 aromatic heterocycles. The molecule has 0 spiro atoms. The molecule has 36 heavy (non-hydrogen) atoms. The third-order valence-electron chi connectivity index (χ3n) is 5.25. The Morgan fingerprint density at radius 1 is 0.806 bits per heavy atom. The zero-order chi connectivity index (χ0) is 26.0. The van der Waals surface area contributed by atoms with Crippen molar-refractivity contribution in [1.29, 1.82) is 0 Å². The molecule has 11 heteroatoms. The highest BCUT2D eigenvalue weighted by Gasteiger charge is 2.40. The Bertz CT molecular complexity index is 1410. The Labute approximate surface area is 221 Å². The van der Waals surface area contributed by atoms with Crippen LogP contribution < -0.4 is 25.0 Å². The number of anilines is 3. The van der Waals surface area contributed by atoms with Crippen LogP contribution in [-0.4, -0.2) is 31.9 Å². The van der Waals surface area contributed by atoms with E-state index in [9.17, 15) is 14.4 Å². The number of nitrogens with zero attached hydrogens (tertiary/aromatic N) is 1. The van der Waals surface area contributed by atoms with Crippen molar-refractivity contribution in [3.8, 4) is 11.5 Å². The maximum absolute atomic E-state index is 13.1. The quantitative estimate of drug-likeness (QED) is 0.369. The van der Waals surface area contributed by atoms with Gasteiger partial charge in [0.05, 0.1) is 30.0 Å². The number of hydrogen-bond donors (Lipinski definition) is 2. The van der Waals surface area contributed by atoms with Gasteiger partial charge in [0, 0.05) is 23.0 Å². The van der Waals surface area contributed by atoms with Crippen molar-refractivity contribution in [2.75, 3.05) is 29.8 Å². The molecule has 8 nitrogen and oxygen atoms in total. The van der Waals surface area contributed by atoms with Gasteiger partial charge in [-0.1, -0.05) is 34.8 Å². The number of benzene rings is 3. The van der Waals surface area contributed by atoms with Gasteiger partial charge < -0.3 is 20.1 Å². The lowest BCUT2D eigenvalue weighted by Gasteiger charge is -2.18. The first-order valence-corrected chi connectivity index (χ1v) is 11.5. The number of halogens is 3. The first kappa shape index (κ1) is 25.4. The molecule has 0 fully saturated rings. The van der Waals surface area contributed by atoms with Crippen LogP contribution >= 0.6 is 34.8 Å². The van der Waals surface area contributed by atoms with Crippen LogP contribution in [0.1, 0.15) is 10.4 Å². The molecule has 0 saturated heterocycles. The van der Waals surface area contributed by atoms with Crippen molar-refractivity contribution in [2.45, 2.75) is 0 Å². The number of nitrogens with one attached hydrogen (secondary N) is 2. The SMILES string of the molecule is COc1ccc(N2C(=O)C(Cl)=C(Nc3ccc(C(=O)Nc4ccc(Cl)c(Cl)c4)cc3)C2=O)c(OC)c1. The van der Waals surface area contributed by atoms with Crippen LogP contribution in [0, 0.1) is 0 Å². The molecule has 0 aliphatic carbocycles. The Hall–Kier alpha value is -3.72. The van der Waals surface area contributed by atoms with Gasteiger partial charge in [-0.3, -0.25) is 14.4 Å². The minimum Gasteiger partial charge on any atom is -0.497 e. The molecule has 3 aromatic rings. The van der Waals surface area contributed by atoms with Crippen molar-refractivity contribution in [2.24, 2.45) is 0 Å². The number of rotatable bonds is 7. The zero-order valence-corrected chi connectivity index (χ0v) is 21.2. The van der Waals surface area contributed by atoms with Gasteiger partial charge in [-0.15, -0.1) is 0 Å². The Morgan fingerprint density at radius 3 is 2.14 bits per heavy atom. The Kier molecular flexibility index (Phi) is 7.40. The van der Waals surface area contributed by atoms with Gasteiger partial charge >= 0.3 is 0 Å². The fourth-order valence-corrected chi connectivity index (χ4v) is 3.94. The fraction of sp³-hybridized carbons (Fsp3) is 0.0800. The summed E-state index contributed by atoms with van der Waals surface area (Å²) >= 11 is 18.1. The molecule has 1 aliphatic heterocycles. The third-order valence-corrected chi connectivity index (χ3v) is 6.34. The molecule has 4 rings (SSSR count). The minimum atomic E-state index is -0.703. The van der Waals surface area contributed by atoms with E-state index in [0.717, 1.165) is 4.90 Å². The first-order valence-electron chi connectivity index (χ1n) is 10.4. The maximum Gasteiger partial charge on any atom is 0.283 e. The normalized spacial score (nSPS) is 13.2. The summed E-state index contributed by atoms with van der Waals surface area (Å²) in [5.74, 6) is -0.975. The summed E-state index contributed by atoms with van der Waals surface area (Å²) in [4.78, 5) is 39.4. The standard InChI is InChI=1S/C25H18Cl3N3O5/c1-35-16-8-10-19(20(12-16)36-2)31-24(33)21(28)22(25(31)34)29-14-5-3-13(4-6-14)23(32)30-15-7-9-17(26)18(27)11-15/h3-12,29H,1-2H3,(H,30,32). The first-order chi connectivity index (χ1) is 17.2. The van der Waals surface area contributed by atoms with Crippen molar-refractivity contribution in [3.63, 3.8) is 0 Å². The van der Waals surface area contributed by atoms with Crippen molar-refractivity contribution >= 4 is 69.6 Å². The van der Waals surface area contributed by atoms with Crippen LogP contribution in [0.3, 0.4) is 0 Å². The van der Waals surface area contributed by atoms with Crippen LogP contribution in [0.5, 0.6) is 11.5 Å². The molecular weight excluding hydrogens is 529 g/mol. The summed E-state index contributed by atoms with van der Waals surface area (Å²) in [5, 5.41) is 6.00. The van der Waals surface area contributed by atoms with E-state index in [1.165, 1.54) is 20.3 Å². The predicted octanol–water partition coefficient (Wildman–Crippen LogP) is 5.70. The van der Waals surface area contributed by atoms with Crippen LogP contribution in [0.2, 0.25) is 10.0 Å². The number of amides is 3. The van der Waals surface area contributed by atoms with Crippen LogP contribution in [0.15, 0.2) is 71.4 Å². The average molecular weight is 547 g/mol. The maximum atomic E-state index is 13.1. The molecule has 3 amide bonds. The highest BCUT2D eigenvalue weighted by Crippen LogP contribution is 2.37. The van der Waals surface area contributed by atoms with E-state index in [1.54, 1.807) is 54.6 Å². The van der Waals surface area contributed by atoms with Crippen LogP contribution in [0.25, 0.3) is 0 Å². The number of methoxy groups -OCH3 is 2. The summed E-state index contributed by atoms with van der Waals surface area (Å²) in [6, 6.07) is 15.7. The highest BCUT2D eigenvalue weighted by atomic mass is 35.5. The number of ether oxygens (including phenoxy) is 2. The van der Waals surface area contributed by atoms with Gasteiger partial charge in [0.1, 0.15) is 22.2 Å². The molecule has 3 aromatic carbocycles. The average Bonchev–Trinajstić information content (AvgIpc) is 3.09. The van der Waals surface area contributed by atoms with Gasteiger partial charge in [0.25, 0.3) is 17.7 Å². The zero-order valence-electron chi connectivity index (χ0n) is 18.9. The van der Waals surface area contributed by atoms with E-state index in [1.807, 2.05) is 0 Å². The van der Waals surface area contributed by atoms with Gasteiger partial charge in [-0.2, -0.15) is 0 Å². The molecule has 0 atom stereocenters. The molecular formula is C25H18Cl3N3O5. The van der Waals surface area contributed by atoms with Gasteiger partial charge in [-0.05, 0) is 54.6 Å². The monoisotopic (exact) mass is 545 g/mol. The second-order valence-corrected chi connectivity index (χ2v) is 8.65. The molecule has 184 valence electrons. The summed E-state index contributed by atoms with van der Waals surface area (Å²) in [6.45, 7) is 0. The van der Waals surface area contributed by atoms with E-state index in [-0.39, 0.29) is 28.1 Å². The van der Waals surface area contributed by atoms with Crippen molar-refractivity contribution < 1.29 is 23.9 Å². The van der Waals surface area contributed by atoms with Gasteiger partial charge in [-0.25, -0.2) is 4.90 Å². The smallest absolute Gasteiger partial charge is 0.283 e. The molecule has 1 aliphatic rings. The van der Waals surface area contributed by atoms with Crippen molar-refractivity contribution in [3.05, 3.63) is 87.0 Å². The van der Waals surface area contributed by atoms with Crippen LogP contribution in [-0.2, 0) is 9.59 Å².